The van der Waals surface area contributed by atoms with E-state index in [0.717, 1.165) is 24.2 Å². The maximum absolute atomic E-state index is 12.5. The van der Waals surface area contributed by atoms with Gasteiger partial charge >= 0.3 is 0 Å². The van der Waals surface area contributed by atoms with E-state index in [0.29, 0.717) is 6.04 Å². The molecule has 1 aliphatic carbocycles. The van der Waals surface area contributed by atoms with Crippen molar-refractivity contribution in [2.45, 2.75) is 31.8 Å². The summed E-state index contributed by atoms with van der Waals surface area (Å²) in [5, 5.41) is 4.04. The molecule has 2 aromatic rings. The van der Waals surface area contributed by atoms with Gasteiger partial charge in [-0.05, 0) is 60.4 Å². The second-order valence-electron chi connectivity index (χ2n) is 5.06. The maximum atomic E-state index is 12.5. The second-order valence-corrected chi connectivity index (χ2v) is 5.84. The lowest BCUT2D eigenvalue weighted by Gasteiger charge is -2.26. The van der Waals surface area contributed by atoms with Crippen LogP contribution >= 0.6 is 11.3 Å². The Labute approximate surface area is 122 Å². The van der Waals surface area contributed by atoms with Gasteiger partial charge in [0.2, 0.25) is 5.91 Å². The zero-order valence-electron chi connectivity index (χ0n) is 11.4. The third-order valence-electron chi connectivity index (χ3n) is 3.53. The van der Waals surface area contributed by atoms with Crippen molar-refractivity contribution in [2.24, 2.45) is 0 Å². The quantitative estimate of drug-likeness (QED) is 0.775. The minimum Gasteiger partial charge on any atom is -0.467 e. The molecular formula is C16H17NO2S. The van der Waals surface area contributed by atoms with Crippen molar-refractivity contribution in [1.82, 2.24) is 4.90 Å². The smallest absolute Gasteiger partial charge is 0.247 e. The monoisotopic (exact) mass is 287 g/mol. The Morgan fingerprint density at radius 3 is 2.95 bits per heavy atom. The highest BCUT2D eigenvalue weighted by molar-refractivity contribution is 7.08. The highest BCUT2D eigenvalue weighted by atomic mass is 32.1. The van der Waals surface area contributed by atoms with Gasteiger partial charge in [-0.3, -0.25) is 4.79 Å². The largest absolute Gasteiger partial charge is 0.467 e. The van der Waals surface area contributed by atoms with Crippen LogP contribution in [0.1, 0.15) is 37.1 Å². The van der Waals surface area contributed by atoms with Gasteiger partial charge in [0.1, 0.15) is 5.76 Å². The highest BCUT2D eigenvalue weighted by Gasteiger charge is 2.36. The normalized spacial score (nSPS) is 16.4. The number of carbonyl (C=O) groups is 1. The van der Waals surface area contributed by atoms with Crippen molar-refractivity contribution in [2.75, 3.05) is 0 Å². The van der Waals surface area contributed by atoms with Crippen molar-refractivity contribution in [3.05, 3.63) is 52.6 Å². The summed E-state index contributed by atoms with van der Waals surface area (Å²) < 4.78 is 5.44. The van der Waals surface area contributed by atoms with E-state index in [4.69, 9.17) is 4.42 Å². The number of furan rings is 1. The lowest BCUT2D eigenvalue weighted by molar-refractivity contribution is -0.129. The average molecular weight is 287 g/mol. The van der Waals surface area contributed by atoms with Gasteiger partial charge in [0.15, 0.2) is 0 Å². The Morgan fingerprint density at radius 1 is 1.50 bits per heavy atom. The van der Waals surface area contributed by atoms with E-state index in [1.54, 1.807) is 23.7 Å². The molecule has 1 atom stereocenters. The first-order valence-electron chi connectivity index (χ1n) is 6.81. The standard InChI is InChI=1S/C16H17NO2S/c1-12(15-3-2-9-19-15)17(14-5-6-14)16(18)7-4-13-8-10-20-11-13/h2-4,7-12,14H,5-6H2,1H3/b7-4+. The number of thiophene rings is 1. The molecule has 3 nitrogen and oxygen atoms in total. The molecule has 1 aliphatic rings. The summed E-state index contributed by atoms with van der Waals surface area (Å²) in [4.78, 5) is 14.4. The van der Waals surface area contributed by atoms with Gasteiger partial charge in [-0.1, -0.05) is 0 Å². The van der Waals surface area contributed by atoms with Crippen LogP contribution in [0, 0.1) is 0 Å². The molecule has 3 rings (SSSR count). The fourth-order valence-corrected chi connectivity index (χ4v) is 2.96. The van der Waals surface area contributed by atoms with E-state index < -0.39 is 0 Å². The van der Waals surface area contributed by atoms with Crippen LogP contribution in [0.4, 0.5) is 0 Å². The molecular weight excluding hydrogens is 270 g/mol. The summed E-state index contributed by atoms with van der Waals surface area (Å²) in [5.41, 5.74) is 1.07. The van der Waals surface area contributed by atoms with Crippen molar-refractivity contribution < 1.29 is 9.21 Å². The van der Waals surface area contributed by atoms with E-state index in [9.17, 15) is 4.79 Å². The summed E-state index contributed by atoms with van der Waals surface area (Å²) in [6, 6.07) is 6.14. The SMILES string of the molecule is CC(c1ccco1)N(C(=O)/C=C/c1ccsc1)C1CC1. The maximum Gasteiger partial charge on any atom is 0.247 e. The van der Waals surface area contributed by atoms with Crippen molar-refractivity contribution in [1.29, 1.82) is 0 Å². The Morgan fingerprint density at radius 2 is 2.35 bits per heavy atom. The van der Waals surface area contributed by atoms with Crippen LogP contribution in [0.15, 0.2) is 45.7 Å². The predicted octanol–water partition coefficient (Wildman–Crippen LogP) is 4.11. The van der Waals surface area contributed by atoms with Gasteiger partial charge < -0.3 is 9.32 Å². The van der Waals surface area contributed by atoms with Crippen molar-refractivity contribution >= 4 is 23.3 Å². The molecule has 0 aliphatic heterocycles. The molecule has 1 unspecified atom stereocenters. The zero-order valence-corrected chi connectivity index (χ0v) is 12.2. The highest BCUT2D eigenvalue weighted by Crippen LogP contribution is 2.34. The van der Waals surface area contributed by atoms with E-state index in [2.05, 4.69) is 0 Å². The Kier molecular flexibility index (Phi) is 3.74. The fourth-order valence-electron chi connectivity index (χ4n) is 2.33. The molecule has 4 heteroatoms. The molecule has 0 radical (unpaired) electrons. The lowest BCUT2D eigenvalue weighted by atomic mass is 10.2. The van der Waals surface area contributed by atoms with E-state index in [-0.39, 0.29) is 11.9 Å². The first kappa shape index (κ1) is 13.2. The van der Waals surface area contributed by atoms with Crippen LogP contribution in [0.2, 0.25) is 0 Å². The molecule has 0 aromatic carbocycles. The summed E-state index contributed by atoms with van der Waals surface area (Å²) in [5.74, 6) is 0.900. The van der Waals surface area contributed by atoms with Crippen LogP contribution in [0.5, 0.6) is 0 Å². The van der Waals surface area contributed by atoms with E-state index in [1.165, 1.54) is 0 Å². The van der Waals surface area contributed by atoms with Crippen molar-refractivity contribution in [3.8, 4) is 0 Å². The van der Waals surface area contributed by atoms with Crippen LogP contribution in [-0.2, 0) is 4.79 Å². The third kappa shape index (κ3) is 2.85. The van der Waals surface area contributed by atoms with E-state index in [1.807, 2.05) is 46.9 Å². The predicted molar refractivity (Wildman–Crippen MR) is 80.3 cm³/mol. The fraction of sp³-hybridized carbons (Fsp3) is 0.312. The molecule has 0 saturated heterocycles. The van der Waals surface area contributed by atoms with Gasteiger partial charge in [0.05, 0.1) is 12.3 Å². The Bertz CT molecular complexity index is 582. The number of hydrogen-bond acceptors (Lipinski definition) is 3. The topological polar surface area (TPSA) is 33.5 Å². The molecule has 2 heterocycles. The second kappa shape index (κ2) is 5.67. The van der Waals surface area contributed by atoms with Gasteiger partial charge in [0.25, 0.3) is 0 Å². The molecule has 1 amide bonds. The number of hydrogen-bond donors (Lipinski definition) is 0. The van der Waals surface area contributed by atoms with Crippen LogP contribution in [0.3, 0.4) is 0 Å². The molecule has 0 N–H and O–H groups in total. The third-order valence-corrected chi connectivity index (χ3v) is 4.23. The molecule has 1 saturated carbocycles. The number of rotatable bonds is 5. The van der Waals surface area contributed by atoms with Gasteiger partial charge in [-0.15, -0.1) is 0 Å². The summed E-state index contributed by atoms with van der Waals surface area (Å²) in [7, 11) is 0. The summed E-state index contributed by atoms with van der Waals surface area (Å²) in [6.45, 7) is 2.02. The van der Waals surface area contributed by atoms with Crippen LogP contribution in [-0.4, -0.2) is 16.8 Å². The number of carbonyl (C=O) groups excluding carboxylic acids is 1. The molecule has 0 spiro atoms. The van der Waals surface area contributed by atoms with Crippen LogP contribution < -0.4 is 0 Å². The first-order chi connectivity index (χ1) is 9.75. The van der Waals surface area contributed by atoms with Gasteiger partial charge in [0, 0.05) is 12.1 Å². The number of amides is 1. The Balaban J connectivity index is 1.75. The molecule has 0 bridgehead atoms. The van der Waals surface area contributed by atoms with Gasteiger partial charge in [-0.25, -0.2) is 0 Å². The minimum absolute atomic E-state index is 0.0166. The minimum atomic E-state index is -0.0166. The molecule has 2 aromatic heterocycles. The van der Waals surface area contributed by atoms with Crippen LogP contribution in [0.25, 0.3) is 6.08 Å². The first-order valence-corrected chi connectivity index (χ1v) is 7.76. The number of nitrogens with zero attached hydrogens (tertiary/aromatic N) is 1. The lowest BCUT2D eigenvalue weighted by Crippen LogP contribution is -2.34. The molecule has 1 fully saturated rings. The van der Waals surface area contributed by atoms with E-state index >= 15 is 0 Å². The zero-order chi connectivity index (χ0) is 13.9. The molecule has 20 heavy (non-hydrogen) atoms. The Hall–Kier alpha value is -1.81. The summed E-state index contributed by atoms with van der Waals surface area (Å²) >= 11 is 1.63. The average Bonchev–Trinajstić information content (AvgIpc) is 2.98. The van der Waals surface area contributed by atoms with Gasteiger partial charge in [-0.2, -0.15) is 11.3 Å². The molecule has 104 valence electrons. The van der Waals surface area contributed by atoms with Crippen molar-refractivity contribution in [3.63, 3.8) is 0 Å². The summed E-state index contributed by atoms with van der Waals surface area (Å²) in [6.07, 6.45) is 7.37.